The summed E-state index contributed by atoms with van der Waals surface area (Å²) in [6.45, 7) is 1.02. The number of fused-ring (bicyclic) bond motifs is 9. The Labute approximate surface area is 476 Å². The lowest BCUT2D eigenvalue weighted by atomic mass is 9.93. The van der Waals surface area contributed by atoms with E-state index in [1.54, 1.807) is 6.92 Å². The summed E-state index contributed by atoms with van der Waals surface area (Å²) >= 11 is 0. The van der Waals surface area contributed by atoms with E-state index < -0.39 is 77.8 Å². The Morgan fingerprint density at radius 2 is 0.602 bits per heavy atom. The van der Waals surface area contributed by atoms with Gasteiger partial charge in [-0.1, -0.05) is 6.92 Å². The molecule has 0 amide bonds. The number of esters is 10. The zero-order chi connectivity index (χ0) is 59.5. The molecule has 7 rings (SSSR count). The van der Waals surface area contributed by atoms with Crippen LogP contribution in [0, 0.1) is 5.92 Å². The van der Waals surface area contributed by atoms with E-state index in [-0.39, 0.29) is 154 Å². The van der Waals surface area contributed by atoms with Crippen LogP contribution in [0.4, 0.5) is 0 Å². The minimum absolute atomic E-state index is 0.0490. The average Bonchev–Trinajstić information content (AvgIpc) is 3.60. The molecule has 2 bridgehead atoms. The molecule has 5 aromatic carbocycles. The number of hydrogen-bond acceptors (Lipinski definition) is 22. The smallest absolute Gasteiger partial charge is 0.338 e. The van der Waals surface area contributed by atoms with Crippen LogP contribution in [0.2, 0.25) is 0 Å². The quantitative estimate of drug-likeness (QED) is 0.0285. The van der Waals surface area contributed by atoms with Crippen molar-refractivity contribution in [2.75, 3.05) is 66.1 Å². The molecule has 0 saturated carbocycles. The highest BCUT2D eigenvalue weighted by atomic mass is 16.6. The maximum absolute atomic E-state index is 13.3. The Balaban J connectivity index is 0.908. The van der Waals surface area contributed by atoms with Crippen molar-refractivity contribution < 1.29 is 106 Å². The minimum Gasteiger partial charge on any atom is -0.462 e. The molecular formula is C61H62O22. The fourth-order valence-corrected chi connectivity index (χ4v) is 7.84. The summed E-state index contributed by atoms with van der Waals surface area (Å²) in [6, 6.07) is 28.1. The lowest BCUT2D eigenvalue weighted by Gasteiger charge is -2.28. The second kappa shape index (κ2) is 32.8. The number of aliphatic hydroxyl groups excluding tert-OH is 2. The molecule has 0 spiro atoms. The van der Waals surface area contributed by atoms with E-state index in [0.29, 0.717) is 12.8 Å². The van der Waals surface area contributed by atoms with Gasteiger partial charge in [0, 0.05) is 51.7 Å². The highest BCUT2D eigenvalue weighted by molar-refractivity contribution is 5.97. The summed E-state index contributed by atoms with van der Waals surface area (Å²) in [5, 5.41) is 17.7. The summed E-state index contributed by atoms with van der Waals surface area (Å²) in [4.78, 5) is 127. The monoisotopic (exact) mass is 1150 g/mol. The molecule has 2 aliphatic rings. The standard InChI is InChI=1S/C61H62O22/c1-39-38-50(26-36-80-58(70)46-18-14-44(15-19-46)56(68)78-34-4-32-76-54(66)42-10-6-40(7-11-42)52(64)74-30-2-28-62)82-60(72)48-22-24-49(25-23-48)61(73)83-51(39)27-37-81-59(71)47-20-16-45(17-21-47)57(69)79-35-5-33-77-55(67)43-12-8-41(9-13-43)53(65)75-31-3-29-63/h6-25,39,50-51,62-63H,2-5,26-38H2,1H3. The molecule has 0 aromatic heterocycles. The highest BCUT2D eigenvalue weighted by Gasteiger charge is 2.30. The molecule has 2 N–H and O–H groups in total. The maximum Gasteiger partial charge on any atom is 0.338 e. The van der Waals surface area contributed by atoms with Crippen LogP contribution in [0.15, 0.2) is 121 Å². The van der Waals surface area contributed by atoms with Crippen molar-refractivity contribution in [2.24, 2.45) is 5.92 Å². The van der Waals surface area contributed by atoms with E-state index in [1.165, 1.54) is 121 Å². The van der Waals surface area contributed by atoms with Crippen LogP contribution in [0.25, 0.3) is 0 Å². The Kier molecular flexibility index (Phi) is 24.9. The van der Waals surface area contributed by atoms with Crippen molar-refractivity contribution in [3.05, 3.63) is 177 Å². The fraction of sp³-hybridized carbons (Fsp3) is 0.344. The zero-order valence-electron chi connectivity index (χ0n) is 45.4. The molecule has 3 unspecified atom stereocenters. The molecule has 83 heavy (non-hydrogen) atoms. The number of ether oxygens (including phenoxy) is 10. The number of rotatable bonds is 28. The zero-order valence-corrected chi connectivity index (χ0v) is 45.4. The van der Waals surface area contributed by atoms with Crippen LogP contribution >= 0.6 is 0 Å². The number of aliphatic hydroxyl groups is 2. The average molecular weight is 1150 g/mol. The van der Waals surface area contributed by atoms with Gasteiger partial charge >= 0.3 is 59.7 Å². The summed E-state index contributed by atoms with van der Waals surface area (Å²) in [7, 11) is 0. The lowest BCUT2D eigenvalue weighted by molar-refractivity contribution is -0.0164. The van der Waals surface area contributed by atoms with Crippen molar-refractivity contribution >= 4 is 59.7 Å². The van der Waals surface area contributed by atoms with Crippen molar-refractivity contribution in [3.63, 3.8) is 0 Å². The first-order valence-electron chi connectivity index (χ1n) is 26.6. The van der Waals surface area contributed by atoms with Gasteiger partial charge < -0.3 is 57.6 Å². The molecule has 5 aromatic rings. The van der Waals surface area contributed by atoms with Crippen LogP contribution in [0.3, 0.4) is 0 Å². The van der Waals surface area contributed by atoms with Gasteiger partial charge in [-0.3, -0.25) is 0 Å². The van der Waals surface area contributed by atoms with Crippen molar-refractivity contribution in [1.82, 2.24) is 0 Å². The van der Waals surface area contributed by atoms with Crippen LogP contribution < -0.4 is 0 Å². The third kappa shape index (κ3) is 20.0. The van der Waals surface area contributed by atoms with Gasteiger partial charge in [0.2, 0.25) is 0 Å². The SMILES string of the molecule is CC1CC(CCOC(=O)c2ccc(C(=O)OCCCOC(=O)c3ccc(C(=O)OCCCO)cc3)cc2)OC(=O)c2ccc(cc2)C(=O)OC1CCOC(=O)c1ccc(C(=O)OCCCOC(=O)c2ccc(C(=O)OCCCO)cc2)cc1. The van der Waals surface area contributed by atoms with Crippen LogP contribution in [0.5, 0.6) is 0 Å². The highest BCUT2D eigenvalue weighted by Crippen LogP contribution is 2.25. The second-order valence-electron chi connectivity index (χ2n) is 18.6. The molecule has 438 valence electrons. The number of carbonyl (C=O) groups excluding carboxylic acids is 10. The van der Waals surface area contributed by atoms with Gasteiger partial charge in [-0.25, -0.2) is 47.9 Å². The Hall–Kier alpha value is -9.28. The van der Waals surface area contributed by atoms with Gasteiger partial charge in [-0.05, 0) is 134 Å². The minimum atomic E-state index is -0.839. The molecule has 22 heteroatoms. The van der Waals surface area contributed by atoms with Gasteiger partial charge in [0.1, 0.15) is 12.2 Å². The first-order chi connectivity index (χ1) is 40.1. The second-order valence-corrected chi connectivity index (χ2v) is 18.6. The number of benzene rings is 5. The first kappa shape index (κ1) is 62.9. The van der Waals surface area contributed by atoms with Crippen LogP contribution in [-0.2, 0) is 47.4 Å². The van der Waals surface area contributed by atoms with E-state index in [1.807, 2.05) is 0 Å². The first-order valence-corrected chi connectivity index (χ1v) is 26.6. The summed E-state index contributed by atoms with van der Waals surface area (Å²) in [5.41, 5.74) is 1.75. The van der Waals surface area contributed by atoms with Gasteiger partial charge in [0.05, 0.1) is 108 Å². The number of hydrogen-bond donors (Lipinski definition) is 2. The molecule has 3 atom stereocenters. The summed E-state index contributed by atoms with van der Waals surface area (Å²) in [6.07, 6.45) is -0.429. The van der Waals surface area contributed by atoms with E-state index in [4.69, 9.17) is 57.6 Å². The van der Waals surface area contributed by atoms with Crippen molar-refractivity contribution in [1.29, 1.82) is 0 Å². The summed E-state index contributed by atoms with van der Waals surface area (Å²) < 4.78 is 53.9. The molecule has 0 fully saturated rings. The Morgan fingerprint density at radius 3 is 0.880 bits per heavy atom. The number of carbonyl (C=O) groups is 10. The predicted molar refractivity (Wildman–Crippen MR) is 289 cm³/mol. The fourth-order valence-electron chi connectivity index (χ4n) is 7.84. The van der Waals surface area contributed by atoms with Crippen LogP contribution in [-0.4, -0.2) is 148 Å². The molecule has 0 saturated heterocycles. The van der Waals surface area contributed by atoms with Gasteiger partial charge in [0.25, 0.3) is 0 Å². The van der Waals surface area contributed by atoms with E-state index >= 15 is 0 Å². The normalized spacial score (nSPS) is 14.7. The van der Waals surface area contributed by atoms with E-state index in [0.717, 1.165) is 0 Å². The largest absolute Gasteiger partial charge is 0.462 e. The molecule has 0 aliphatic carbocycles. The molecule has 22 nitrogen and oxygen atoms in total. The van der Waals surface area contributed by atoms with E-state index in [2.05, 4.69) is 0 Å². The van der Waals surface area contributed by atoms with Crippen LogP contribution in [0.1, 0.15) is 155 Å². The third-order valence-electron chi connectivity index (χ3n) is 12.5. The molecule has 0 radical (unpaired) electrons. The maximum atomic E-state index is 13.3. The Morgan fingerprint density at radius 1 is 0.361 bits per heavy atom. The van der Waals surface area contributed by atoms with Crippen molar-refractivity contribution in [3.8, 4) is 0 Å². The van der Waals surface area contributed by atoms with Gasteiger partial charge in [-0.15, -0.1) is 0 Å². The summed E-state index contributed by atoms with van der Waals surface area (Å²) in [5.74, 6) is -7.09. The molecular weight excluding hydrogens is 1080 g/mol. The van der Waals surface area contributed by atoms with Crippen molar-refractivity contribution in [2.45, 2.75) is 64.1 Å². The van der Waals surface area contributed by atoms with Gasteiger partial charge in [0.15, 0.2) is 0 Å². The molecule has 2 heterocycles. The lowest BCUT2D eigenvalue weighted by Crippen LogP contribution is -2.32. The van der Waals surface area contributed by atoms with Gasteiger partial charge in [-0.2, -0.15) is 0 Å². The van der Waals surface area contributed by atoms with E-state index in [9.17, 15) is 47.9 Å². The Bertz CT molecular complexity index is 3010. The molecule has 2 aliphatic heterocycles. The topological polar surface area (TPSA) is 303 Å². The third-order valence-corrected chi connectivity index (χ3v) is 12.5. The predicted octanol–water partition coefficient (Wildman–Crippen LogP) is 7.16.